The molecule has 0 aliphatic carbocycles. The van der Waals surface area contributed by atoms with Gasteiger partial charge in [0.25, 0.3) is 0 Å². The predicted molar refractivity (Wildman–Crippen MR) is 26.6 cm³/mol. The average Bonchev–Trinajstić information content (AvgIpc) is 1.61. The first-order chi connectivity index (χ1) is 3.63. The summed E-state index contributed by atoms with van der Waals surface area (Å²) in [7, 11) is 0. The van der Waals surface area contributed by atoms with E-state index in [-0.39, 0.29) is 40.6 Å². The van der Waals surface area contributed by atoms with Gasteiger partial charge >= 0.3 is 49.7 Å². The standard InChI is InChI=1S/C4H4O4.2Li.2H/c5-3(6)1-2-4(7)8;;;;/h1-2H,(H,5,6)(H,7,8);;;;/q;2*+1;2*-1/b2-1+;;;;. The van der Waals surface area contributed by atoms with E-state index in [2.05, 4.69) is 0 Å². The molecule has 0 saturated carbocycles. The summed E-state index contributed by atoms with van der Waals surface area (Å²) in [6.45, 7) is 0. The number of carboxylic acids is 2. The Labute approximate surface area is 84.6 Å². The molecule has 0 aromatic heterocycles. The van der Waals surface area contributed by atoms with Crippen LogP contribution in [0.5, 0.6) is 0 Å². The average molecular weight is 132 g/mol. The van der Waals surface area contributed by atoms with Gasteiger partial charge in [-0.2, -0.15) is 0 Å². The Kier molecular flexibility index (Phi) is 14.6. The van der Waals surface area contributed by atoms with Crippen molar-refractivity contribution in [2.24, 2.45) is 0 Å². The van der Waals surface area contributed by atoms with Gasteiger partial charge in [0.2, 0.25) is 0 Å². The third kappa shape index (κ3) is 15.7. The zero-order chi connectivity index (χ0) is 6.57. The van der Waals surface area contributed by atoms with Gasteiger partial charge < -0.3 is 13.1 Å². The van der Waals surface area contributed by atoms with Crippen molar-refractivity contribution in [3.8, 4) is 0 Å². The van der Waals surface area contributed by atoms with E-state index >= 15 is 0 Å². The van der Waals surface area contributed by atoms with E-state index in [1.807, 2.05) is 0 Å². The van der Waals surface area contributed by atoms with Crippen LogP contribution in [0.15, 0.2) is 12.2 Å². The Morgan fingerprint density at radius 3 is 1.30 bits per heavy atom. The van der Waals surface area contributed by atoms with E-state index < -0.39 is 11.9 Å². The quantitative estimate of drug-likeness (QED) is 0.289. The maximum absolute atomic E-state index is 9.55. The molecule has 48 valence electrons. The van der Waals surface area contributed by atoms with Crippen molar-refractivity contribution in [1.82, 2.24) is 0 Å². The molecule has 0 radical (unpaired) electrons. The van der Waals surface area contributed by atoms with Gasteiger partial charge in [0.05, 0.1) is 0 Å². The summed E-state index contributed by atoms with van der Waals surface area (Å²) >= 11 is 0. The summed E-state index contributed by atoms with van der Waals surface area (Å²) in [5.41, 5.74) is 0. The zero-order valence-corrected chi connectivity index (χ0v) is 5.87. The maximum Gasteiger partial charge on any atom is 1.00 e. The van der Waals surface area contributed by atoms with Crippen molar-refractivity contribution in [2.75, 3.05) is 0 Å². The summed E-state index contributed by atoms with van der Waals surface area (Å²) in [5.74, 6) is -2.51. The molecule has 0 atom stereocenters. The van der Waals surface area contributed by atoms with Crippen LogP contribution in [0.2, 0.25) is 0 Å². The van der Waals surface area contributed by atoms with E-state index in [0.29, 0.717) is 12.2 Å². The summed E-state index contributed by atoms with van der Waals surface area (Å²) in [5, 5.41) is 15.6. The SMILES string of the molecule is O=C(O)/C=C/C(=O)O.[H-].[H-].[Li+].[Li+]. The molecular weight excluding hydrogens is 126 g/mol. The Hall–Kier alpha value is -0.125. The first-order valence-corrected chi connectivity index (χ1v) is 1.77. The van der Waals surface area contributed by atoms with E-state index in [0.717, 1.165) is 0 Å². The number of carboxylic acid groups (broad SMARTS) is 2. The first-order valence-electron chi connectivity index (χ1n) is 1.77. The summed E-state index contributed by atoms with van der Waals surface area (Å²) in [6.07, 6.45) is 1.12. The van der Waals surface area contributed by atoms with E-state index in [1.165, 1.54) is 0 Å². The van der Waals surface area contributed by atoms with Crippen molar-refractivity contribution in [3.05, 3.63) is 12.2 Å². The largest absolute Gasteiger partial charge is 1.00 e. The van der Waals surface area contributed by atoms with Crippen LogP contribution in [-0.2, 0) is 9.59 Å². The minimum Gasteiger partial charge on any atom is -1.00 e. The molecule has 2 N–H and O–H groups in total. The van der Waals surface area contributed by atoms with Crippen molar-refractivity contribution in [3.63, 3.8) is 0 Å². The summed E-state index contributed by atoms with van der Waals surface area (Å²) < 4.78 is 0. The molecule has 0 aliphatic heterocycles. The van der Waals surface area contributed by atoms with Crippen LogP contribution in [-0.4, -0.2) is 22.2 Å². The molecule has 0 rings (SSSR count). The van der Waals surface area contributed by atoms with Gasteiger partial charge in [0.15, 0.2) is 0 Å². The molecule has 4 nitrogen and oxygen atoms in total. The zero-order valence-electron chi connectivity index (χ0n) is 7.87. The number of aliphatic carboxylic acids is 2. The monoisotopic (exact) mass is 132 g/mol. The normalized spacial score (nSPS) is 7.60. The molecule has 0 heterocycles. The third-order valence-corrected chi connectivity index (χ3v) is 0.368. The van der Waals surface area contributed by atoms with Crippen molar-refractivity contribution >= 4 is 11.9 Å². The van der Waals surface area contributed by atoms with Crippen molar-refractivity contribution in [1.29, 1.82) is 0 Å². The fourth-order valence-electron chi connectivity index (χ4n) is 0.143. The molecule has 0 amide bonds. The fraction of sp³-hybridized carbons (Fsp3) is 0. The second-order valence-corrected chi connectivity index (χ2v) is 1.01. The molecule has 0 saturated heterocycles. The molecule has 10 heavy (non-hydrogen) atoms. The minimum absolute atomic E-state index is 0. The van der Waals surface area contributed by atoms with Crippen LogP contribution in [0.1, 0.15) is 2.85 Å². The second kappa shape index (κ2) is 8.87. The molecule has 0 aromatic carbocycles. The van der Waals surface area contributed by atoms with Gasteiger partial charge in [-0.15, -0.1) is 0 Å². The van der Waals surface area contributed by atoms with Crippen molar-refractivity contribution in [2.45, 2.75) is 0 Å². The van der Waals surface area contributed by atoms with Crippen LogP contribution in [0.4, 0.5) is 0 Å². The Morgan fingerprint density at radius 1 is 1.00 bits per heavy atom. The van der Waals surface area contributed by atoms with Crippen LogP contribution in [0.25, 0.3) is 0 Å². The first kappa shape index (κ1) is 16.5. The van der Waals surface area contributed by atoms with Gasteiger partial charge in [-0.05, 0) is 0 Å². The molecule has 0 aromatic rings. The van der Waals surface area contributed by atoms with E-state index in [4.69, 9.17) is 10.2 Å². The molecule has 0 bridgehead atoms. The van der Waals surface area contributed by atoms with Gasteiger partial charge in [0.1, 0.15) is 0 Å². The molecule has 6 heteroatoms. The van der Waals surface area contributed by atoms with Crippen LogP contribution in [0, 0.1) is 0 Å². The second-order valence-electron chi connectivity index (χ2n) is 1.01. The Morgan fingerprint density at radius 2 is 1.20 bits per heavy atom. The smallest absolute Gasteiger partial charge is 1.00 e. The van der Waals surface area contributed by atoms with Gasteiger partial charge in [-0.25, -0.2) is 9.59 Å². The van der Waals surface area contributed by atoms with E-state index in [1.54, 1.807) is 0 Å². The predicted octanol–water partition coefficient (Wildman–Crippen LogP) is -6.06. The molecule has 0 aliphatic rings. The number of hydrogen-bond acceptors (Lipinski definition) is 2. The molecule has 0 unspecified atom stereocenters. The van der Waals surface area contributed by atoms with E-state index in [9.17, 15) is 9.59 Å². The topological polar surface area (TPSA) is 74.6 Å². The molecular formula is C4H6Li2O4. The molecule has 0 fully saturated rings. The van der Waals surface area contributed by atoms with Gasteiger partial charge in [-0.3, -0.25) is 0 Å². The van der Waals surface area contributed by atoms with Gasteiger partial charge in [-0.1, -0.05) is 0 Å². The third-order valence-electron chi connectivity index (χ3n) is 0.368. The van der Waals surface area contributed by atoms with Crippen LogP contribution < -0.4 is 37.7 Å². The number of carbonyl (C=O) groups is 2. The van der Waals surface area contributed by atoms with Crippen molar-refractivity contribution < 1.29 is 60.4 Å². The maximum atomic E-state index is 9.55. The minimum atomic E-state index is -1.26. The van der Waals surface area contributed by atoms with Crippen LogP contribution >= 0.6 is 0 Å². The van der Waals surface area contributed by atoms with Gasteiger partial charge in [0, 0.05) is 12.2 Å². The van der Waals surface area contributed by atoms with Crippen LogP contribution in [0.3, 0.4) is 0 Å². The fourth-order valence-corrected chi connectivity index (χ4v) is 0.143. The molecule has 0 spiro atoms. The number of hydrogen-bond donors (Lipinski definition) is 2. The number of rotatable bonds is 2. The Bertz CT molecular complexity index is 134. The summed E-state index contributed by atoms with van der Waals surface area (Å²) in [4.78, 5) is 19.1. The summed E-state index contributed by atoms with van der Waals surface area (Å²) in [6, 6.07) is 0. The Balaban J connectivity index is -0.0000000408.